The number of anilines is 1. The zero-order valence-corrected chi connectivity index (χ0v) is 15.3. The molecule has 1 amide bonds. The molecule has 1 atom stereocenters. The van der Waals surface area contributed by atoms with Crippen molar-refractivity contribution in [1.29, 1.82) is 0 Å². The van der Waals surface area contributed by atoms with Gasteiger partial charge < -0.3 is 19.7 Å². The van der Waals surface area contributed by atoms with E-state index in [1.54, 1.807) is 13.4 Å². The third kappa shape index (κ3) is 3.86. The van der Waals surface area contributed by atoms with Crippen molar-refractivity contribution >= 4 is 11.7 Å². The molecule has 3 heterocycles. The zero-order valence-electron chi connectivity index (χ0n) is 15.3. The van der Waals surface area contributed by atoms with Gasteiger partial charge in [0.2, 0.25) is 11.8 Å². The van der Waals surface area contributed by atoms with E-state index < -0.39 is 0 Å². The first kappa shape index (κ1) is 17.9. The fourth-order valence-electron chi connectivity index (χ4n) is 3.75. The Kier molecular flexibility index (Phi) is 5.42. The van der Waals surface area contributed by atoms with Crippen LogP contribution in [0.1, 0.15) is 33.1 Å². The topological polar surface area (TPSA) is 76.6 Å². The summed E-state index contributed by atoms with van der Waals surface area (Å²) in [6, 6.07) is 1.97. The standard InChI is InChI=1S/C18H28N4O3/c1-13(2)17(23)21-14-11-25-9-6-18(14)4-7-22(8-5-18)15-10-16(24-3)20-12-19-15/h10,12-14H,4-9,11H2,1-3H3,(H,21,23)/t14-/m0/s1. The fourth-order valence-corrected chi connectivity index (χ4v) is 3.75. The van der Waals surface area contributed by atoms with Gasteiger partial charge in [-0.2, -0.15) is 0 Å². The minimum atomic E-state index is -0.00690. The second kappa shape index (κ2) is 7.56. The lowest BCUT2D eigenvalue weighted by molar-refractivity contribution is -0.128. The van der Waals surface area contributed by atoms with Gasteiger partial charge in [-0.1, -0.05) is 13.8 Å². The largest absolute Gasteiger partial charge is 0.481 e. The van der Waals surface area contributed by atoms with Crippen LogP contribution in [0.2, 0.25) is 0 Å². The summed E-state index contributed by atoms with van der Waals surface area (Å²) < 4.78 is 10.9. The van der Waals surface area contributed by atoms with Crippen LogP contribution in [0.3, 0.4) is 0 Å². The molecule has 1 N–H and O–H groups in total. The van der Waals surface area contributed by atoms with Gasteiger partial charge in [-0.25, -0.2) is 9.97 Å². The normalized spacial score (nSPS) is 22.9. The van der Waals surface area contributed by atoms with Crippen LogP contribution in [0.5, 0.6) is 5.88 Å². The number of carbonyl (C=O) groups is 1. The molecule has 2 aliphatic rings. The highest BCUT2D eigenvalue weighted by atomic mass is 16.5. The molecule has 1 aromatic heterocycles. The summed E-state index contributed by atoms with van der Waals surface area (Å²) in [6.45, 7) is 7.06. The lowest BCUT2D eigenvalue weighted by Crippen LogP contribution is -2.58. The fraction of sp³-hybridized carbons (Fsp3) is 0.722. The van der Waals surface area contributed by atoms with Crippen molar-refractivity contribution in [1.82, 2.24) is 15.3 Å². The van der Waals surface area contributed by atoms with E-state index in [9.17, 15) is 4.79 Å². The maximum absolute atomic E-state index is 12.2. The van der Waals surface area contributed by atoms with Gasteiger partial charge in [0.25, 0.3) is 0 Å². The Balaban J connectivity index is 1.68. The zero-order chi connectivity index (χ0) is 17.9. The maximum atomic E-state index is 12.2. The van der Waals surface area contributed by atoms with E-state index in [0.717, 1.165) is 44.8 Å². The predicted octanol–water partition coefficient (Wildman–Crippen LogP) is 1.63. The average Bonchev–Trinajstić information content (AvgIpc) is 2.64. The summed E-state index contributed by atoms with van der Waals surface area (Å²) in [6.07, 6.45) is 4.58. The Bertz CT molecular complexity index is 600. The third-order valence-corrected chi connectivity index (χ3v) is 5.53. The summed E-state index contributed by atoms with van der Waals surface area (Å²) in [5, 5.41) is 3.22. The van der Waals surface area contributed by atoms with E-state index in [2.05, 4.69) is 20.2 Å². The number of hydrogen-bond donors (Lipinski definition) is 1. The molecule has 2 saturated heterocycles. The molecular weight excluding hydrogens is 320 g/mol. The monoisotopic (exact) mass is 348 g/mol. The molecule has 0 aromatic carbocycles. The predicted molar refractivity (Wildman–Crippen MR) is 94.7 cm³/mol. The summed E-state index contributed by atoms with van der Waals surface area (Å²) in [7, 11) is 1.61. The number of carbonyl (C=O) groups excluding carboxylic acids is 1. The van der Waals surface area contributed by atoms with Gasteiger partial charge in [-0.3, -0.25) is 4.79 Å². The summed E-state index contributed by atoms with van der Waals surface area (Å²) in [4.78, 5) is 22.9. The Morgan fingerprint density at radius 2 is 2.12 bits per heavy atom. The molecule has 2 fully saturated rings. The number of nitrogens with zero attached hydrogens (tertiary/aromatic N) is 3. The Labute approximate surface area is 149 Å². The average molecular weight is 348 g/mol. The number of methoxy groups -OCH3 is 1. The van der Waals surface area contributed by atoms with Gasteiger partial charge in [-0.15, -0.1) is 0 Å². The smallest absolute Gasteiger partial charge is 0.222 e. The first-order chi connectivity index (χ1) is 12.0. The van der Waals surface area contributed by atoms with Gasteiger partial charge in [0.1, 0.15) is 12.1 Å². The molecule has 0 aliphatic carbocycles. The Hall–Kier alpha value is -1.89. The van der Waals surface area contributed by atoms with Crippen molar-refractivity contribution in [3.05, 3.63) is 12.4 Å². The summed E-state index contributed by atoms with van der Waals surface area (Å²) >= 11 is 0. The van der Waals surface area contributed by atoms with E-state index in [1.807, 2.05) is 19.9 Å². The number of amides is 1. The van der Waals surface area contributed by atoms with Crippen LogP contribution in [0.4, 0.5) is 5.82 Å². The Morgan fingerprint density at radius 1 is 1.36 bits per heavy atom. The van der Waals surface area contributed by atoms with Crippen LogP contribution in [-0.4, -0.2) is 55.3 Å². The molecule has 25 heavy (non-hydrogen) atoms. The first-order valence-corrected chi connectivity index (χ1v) is 9.03. The second-order valence-electron chi connectivity index (χ2n) is 7.31. The van der Waals surface area contributed by atoms with Crippen LogP contribution in [0, 0.1) is 11.3 Å². The van der Waals surface area contributed by atoms with Crippen LogP contribution >= 0.6 is 0 Å². The lowest BCUT2D eigenvalue weighted by atomic mass is 9.69. The SMILES string of the molecule is COc1cc(N2CCC3(CCOC[C@@H]3NC(=O)C(C)C)CC2)ncn1. The van der Waals surface area contributed by atoms with E-state index in [4.69, 9.17) is 9.47 Å². The molecule has 1 spiro atoms. The number of hydrogen-bond acceptors (Lipinski definition) is 6. The molecule has 138 valence electrons. The van der Waals surface area contributed by atoms with Gasteiger partial charge in [0.05, 0.1) is 19.8 Å². The Morgan fingerprint density at radius 3 is 2.80 bits per heavy atom. The minimum Gasteiger partial charge on any atom is -0.481 e. The van der Waals surface area contributed by atoms with E-state index in [-0.39, 0.29) is 23.3 Å². The molecule has 1 aromatic rings. The lowest BCUT2D eigenvalue weighted by Gasteiger charge is -2.49. The van der Waals surface area contributed by atoms with Crippen LogP contribution in [0.15, 0.2) is 12.4 Å². The molecule has 0 bridgehead atoms. The number of nitrogens with one attached hydrogen (secondary N) is 1. The van der Waals surface area contributed by atoms with Crippen LogP contribution in [0.25, 0.3) is 0 Å². The van der Waals surface area contributed by atoms with Crippen LogP contribution in [-0.2, 0) is 9.53 Å². The quantitative estimate of drug-likeness (QED) is 0.891. The summed E-state index contributed by atoms with van der Waals surface area (Å²) in [5.74, 6) is 1.58. The van der Waals surface area contributed by atoms with Gasteiger partial charge in [-0.05, 0) is 24.7 Å². The van der Waals surface area contributed by atoms with E-state index in [1.165, 1.54) is 0 Å². The van der Waals surface area contributed by atoms with Crippen molar-refractivity contribution in [3.8, 4) is 5.88 Å². The van der Waals surface area contributed by atoms with Crippen LogP contribution < -0.4 is 15.0 Å². The minimum absolute atomic E-state index is 0.00690. The highest BCUT2D eigenvalue weighted by molar-refractivity contribution is 5.78. The molecule has 3 rings (SSSR count). The number of ether oxygens (including phenoxy) is 2. The molecular formula is C18H28N4O3. The van der Waals surface area contributed by atoms with E-state index >= 15 is 0 Å². The number of aromatic nitrogens is 2. The maximum Gasteiger partial charge on any atom is 0.222 e. The van der Waals surface area contributed by atoms with Crippen molar-refractivity contribution < 1.29 is 14.3 Å². The molecule has 7 nitrogen and oxygen atoms in total. The van der Waals surface area contributed by atoms with Crippen molar-refractivity contribution in [2.45, 2.75) is 39.2 Å². The van der Waals surface area contributed by atoms with Crippen molar-refractivity contribution in [2.75, 3.05) is 38.3 Å². The second-order valence-corrected chi connectivity index (χ2v) is 7.31. The molecule has 0 unspecified atom stereocenters. The van der Waals surface area contributed by atoms with Gasteiger partial charge in [0.15, 0.2) is 0 Å². The summed E-state index contributed by atoms with van der Waals surface area (Å²) in [5.41, 5.74) is 0.121. The molecule has 2 aliphatic heterocycles. The van der Waals surface area contributed by atoms with Crippen molar-refractivity contribution in [3.63, 3.8) is 0 Å². The van der Waals surface area contributed by atoms with Gasteiger partial charge in [0, 0.05) is 31.7 Å². The third-order valence-electron chi connectivity index (χ3n) is 5.53. The van der Waals surface area contributed by atoms with E-state index in [0.29, 0.717) is 12.5 Å². The highest BCUT2D eigenvalue weighted by Crippen LogP contribution is 2.41. The first-order valence-electron chi connectivity index (χ1n) is 9.03. The molecule has 7 heteroatoms. The number of rotatable bonds is 4. The molecule has 0 saturated carbocycles. The highest BCUT2D eigenvalue weighted by Gasteiger charge is 2.44. The number of piperidine rings is 1. The molecule has 0 radical (unpaired) electrons. The van der Waals surface area contributed by atoms with Crippen molar-refractivity contribution in [2.24, 2.45) is 11.3 Å². The van der Waals surface area contributed by atoms with Gasteiger partial charge >= 0.3 is 0 Å².